The molecule has 0 spiro atoms. The van der Waals surface area contributed by atoms with Crippen LogP contribution in [0, 0.1) is 13.8 Å². The average molecular weight is 357 g/mol. The van der Waals surface area contributed by atoms with Crippen molar-refractivity contribution in [2.75, 3.05) is 14.2 Å². The Morgan fingerprint density at radius 1 is 0.960 bits per heavy atom. The third-order valence-corrected chi connectivity index (χ3v) is 5.57. The van der Waals surface area contributed by atoms with E-state index in [1.807, 2.05) is 6.07 Å². The van der Waals surface area contributed by atoms with Gasteiger partial charge in [-0.2, -0.15) is 0 Å². The molecule has 0 saturated heterocycles. The van der Waals surface area contributed by atoms with E-state index in [-0.39, 0.29) is 10.9 Å². The van der Waals surface area contributed by atoms with Crippen molar-refractivity contribution in [2.24, 2.45) is 0 Å². The molecule has 25 heavy (non-hydrogen) atoms. The average Bonchev–Trinajstić information content (AvgIpc) is 2.55. The van der Waals surface area contributed by atoms with Crippen molar-refractivity contribution < 1.29 is 14.6 Å². The molecule has 0 atom stereocenters. The van der Waals surface area contributed by atoms with Gasteiger partial charge in [0.25, 0.3) is 0 Å². The largest absolute Gasteiger partial charge is 0.823 e. The summed E-state index contributed by atoms with van der Waals surface area (Å²) >= 11 is 0. The Morgan fingerprint density at radius 2 is 1.44 bits per heavy atom. The van der Waals surface area contributed by atoms with Crippen LogP contribution in [-0.2, 0) is 5.41 Å². The molecule has 2 aromatic carbocycles. The Kier molecular flexibility index (Phi) is 5.92. The maximum Gasteiger partial charge on any atom is 0.129 e. The Labute approximate surface area is 152 Å². The van der Waals surface area contributed by atoms with Gasteiger partial charge in [0.1, 0.15) is 11.5 Å². The van der Waals surface area contributed by atoms with Crippen LogP contribution in [0.2, 0.25) is 0 Å². The minimum Gasteiger partial charge on any atom is -0.823 e. The SMILES string of the molecule is COc1cccc(OC)c1C([O-])=Pc1c(C)cc(C(C)(C)C)cc1C. The molecule has 134 valence electrons. The summed E-state index contributed by atoms with van der Waals surface area (Å²) in [5, 5.41) is 14.0. The van der Waals surface area contributed by atoms with Gasteiger partial charge in [-0.1, -0.05) is 52.7 Å². The van der Waals surface area contributed by atoms with Gasteiger partial charge >= 0.3 is 0 Å². The summed E-state index contributed by atoms with van der Waals surface area (Å²) in [7, 11) is 3.76. The fourth-order valence-corrected chi connectivity index (χ4v) is 3.80. The summed E-state index contributed by atoms with van der Waals surface area (Å²) in [6, 6.07) is 9.76. The highest BCUT2D eigenvalue weighted by Gasteiger charge is 2.16. The van der Waals surface area contributed by atoms with Gasteiger partial charge in [-0.05, 0) is 48.1 Å². The maximum atomic E-state index is 13.0. The number of methoxy groups -OCH3 is 2. The normalized spacial score (nSPS) is 12.2. The van der Waals surface area contributed by atoms with Crippen LogP contribution in [-0.4, -0.2) is 19.7 Å². The van der Waals surface area contributed by atoms with Crippen LogP contribution in [0.25, 0.3) is 0 Å². The molecule has 0 aromatic heterocycles. The first kappa shape index (κ1) is 19.5. The van der Waals surface area contributed by atoms with Gasteiger partial charge in [0, 0.05) is 10.9 Å². The first-order valence-electron chi connectivity index (χ1n) is 8.27. The molecule has 2 aromatic rings. The third kappa shape index (κ3) is 4.23. The van der Waals surface area contributed by atoms with Crippen molar-refractivity contribution in [3.8, 4) is 11.5 Å². The fourth-order valence-electron chi connectivity index (χ4n) is 2.78. The quantitative estimate of drug-likeness (QED) is 0.783. The topological polar surface area (TPSA) is 41.5 Å². The van der Waals surface area contributed by atoms with Crippen LogP contribution in [0.15, 0.2) is 30.3 Å². The lowest BCUT2D eigenvalue weighted by atomic mass is 9.85. The molecular weight excluding hydrogens is 331 g/mol. The predicted octanol–water partition coefficient (Wildman–Crippen LogP) is 3.73. The number of hydrogen-bond acceptors (Lipinski definition) is 3. The molecule has 0 aliphatic carbocycles. The monoisotopic (exact) mass is 357 g/mol. The highest BCUT2D eigenvalue weighted by Crippen LogP contribution is 2.30. The summed E-state index contributed by atoms with van der Waals surface area (Å²) in [6.45, 7) is 10.7. The second-order valence-electron chi connectivity index (χ2n) is 7.16. The predicted molar refractivity (Wildman–Crippen MR) is 105 cm³/mol. The molecule has 0 unspecified atom stereocenters. The Balaban J connectivity index is 2.59. The standard InChI is InChI=1S/C21H27O3P/c1-13-11-15(21(3,4)5)12-14(2)19(13)25-20(22)18-16(23-6)9-8-10-17(18)24-7/h8-12,22H,1-7H3/p-1. The van der Waals surface area contributed by atoms with Crippen molar-refractivity contribution in [1.82, 2.24) is 0 Å². The van der Waals surface area contributed by atoms with Gasteiger partial charge in [-0.15, -0.1) is 0 Å². The molecule has 4 heteroatoms. The van der Waals surface area contributed by atoms with Gasteiger partial charge < -0.3 is 14.6 Å². The van der Waals surface area contributed by atoms with Crippen LogP contribution in [0.3, 0.4) is 0 Å². The number of rotatable bonds is 4. The van der Waals surface area contributed by atoms with Crippen LogP contribution in [0.1, 0.15) is 43.0 Å². The second kappa shape index (κ2) is 7.59. The van der Waals surface area contributed by atoms with Crippen molar-refractivity contribution >= 4 is 19.0 Å². The van der Waals surface area contributed by atoms with E-state index < -0.39 is 0 Å². The Morgan fingerprint density at radius 3 is 1.84 bits per heavy atom. The van der Waals surface area contributed by atoms with Crippen molar-refractivity contribution in [2.45, 2.75) is 40.0 Å². The molecule has 0 fully saturated rings. The smallest absolute Gasteiger partial charge is 0.129 e. The van der Waals surface area contributed by atoms with E-state index in [0.29, 0.717) is 25.3 Å². The molecule has 0 aliphatic heterocycles. The molecule has 0 aliphatic rings. The van der Waals surface area contributed by atoms with Gasteiger partial charge in [0.15, 0.2) is 0 Å². The number of aryl methyl sites for hydroxylation is 2. The minimum absolute atomic E-state index is 0.0241. The zero-order chi connectivity index (χ0) is 18.8. The van der Waals surface area contributed by atoms with Gasteiger partial charge in [-0.25, -0.2) is 0 Å². The van der Waals surface area contributed by atoms with Crippen molar-refractivity contribution in [3.63, 3.8) is 0 Å². The lowest BCUT2D eigenvalue weighted by Crippen LogP contribution is -2.21. The van der Waals surface area contributed by atoms with E-state index in [2.05, 4.69) is 46.8 Å². The zero-order valence-corrected chi connectivity index (χ0v) is 17.0. The molecule has 0 amide bonds. The lowest BCUT2D eigenvalue weighted by molar-refractivity contribution is -0.207. The summed E-state index contributed by atoms with van der Waals surface area (Å²) in [5.74, 6) is 1.08. The molecule has 0 bridgehead atoms. The van der Waals surface area contributed by atoms with Crippen LogP contribution in [0.4, 0.5) is 0 Å². The molecular formula is C21H26O3P-. The van der Waals surface area contributed by atoms with Gasteiger partial charge in [0.05, 0.1) is 14.2 Å². The van der Waals surface area contributed by atoms with Crippen LogP contribution in [0.5, 0.6) is 11.5 Å². The molecule has 3 nitrogen and oxygen atoms in total. The highest BCUT2D eigenvalue weighted by molar-refractivity contribution is 7.49. The molecule has 0 saturated carbocycles. The van der Waals surface area contributed by atoms with E-state index in [9.17, 15) is 5.11 Å². The third-order valence-electron chi connectivity index (χ3n) is 4.21. The fraction of sp³-hybridized carbons (Fsp3) is 0.381. The number of ether oxygens (including phenoxy) is 2. The Hall–Kier alpha value is -1.83. The molecule has 2 rings (SSSR count). The summed E-state index contributed by atoms with van der Waals surface area (Å²) in [5.41, 5.74) is 4.10. The first-order valence-corrected chi connectivity index (χ1v) is 9.17. The van der Waals surface area contributed by atoms with E-state index in [1.165, 1.54) is 5.56 Å². The van der Waals surface area contributed by atoms with Crippen LogP contribution < -0.4 is 19.9 Å². The molecule has 0 heterocycles. The Bertz CT molecular complexity index is 756. The van der Waals surface area contributed by atoms with Crippen molar-refractivity contribution in [3.05, 3.63) is 52.6 Å². The van der Waals surface area contributed by atoms with Crippen LogP contribution >= 0.6 is 8.20 Å². The van der Waals surface area contributed by atoms with E-state index in [1.54, 1.807) is 26.4 Å². The number of hydrogen-bond donors (Lipinski definition) is 0. The molecule has 0 N–H and O–H groups in total. The summed E-state index contributed by atoms with van der Waals surface area (Å²) < 4.78 is 10.7. The second-order valence-corrected chi connectivity index (χ2v) is 8.24. The van der Waals surface area contributed by atoms with Crippen molar-refractivity contribution in [1.29, 1.82) is 0 Å². The van der Waals surface area contributed by atoms with Gasteiger partial charge in [0.2, 0.25) is 0 Å². The summed E-state index contributed by atoms with van der Waals surface area (Å²) in [4.78, 5) is 0. The van der Waals surface area contributed by atoms with E-state index in [0.717, 1.165) is 16.4 Å². The highest BCUT2D eigenvalue weighted by atomic mass is 31.1. The van der Waals surface area contributed by atoms with Gasteiger partial charge in [-0.3, -0.25) is 0 Å². The number of benzene rings is 2. The zero-order valence-electron chi connectivity index (χ0n) is 16.1. The summed E-state index contributed by atoms with van der Waals surface area (Å²) in [6.07, 6.45) is 0. The van der Waals surface area contributed by atoms with E-state index in [4.69, 9.17) is 9.47 Å². The first-order chi connectivity index (χ1) is 11.7. The van der Waals surface area contributed by atoms with E-state index >= 15 is 0 Å². The lowest BCUT2D eigenvalue weighted by Gasteiger charge is -2.23. The molecule has 0 radical (unpaired) electrons. The maximum absolute atomic E-state index is 13.0. The minimum atomic E-state index is -0.0241.